The van der Waals surface area contributed by atoms with Crippen LogP contribution in [0.25, 0.3) is 21.8 Å². The molecule has 1 aromatic carbocycles. The molecular weight excluding hydrogens is 327 g/mol. The van der Waals surface area contributed by atoms with Gasteiger partial charge in [0, 0.05) is 18.6 Å². The van der Waals surface area contributed by atoms with E-state index in [4.69, 9.17) is 5.73 Å². The number of aromatic nitrogens is 3. The Balaban J connectivity index is 2.28. The molecule has 23 heavy (non-hydrogen) atoms. The van der Waals surface area contributed by atoms with Crippen molar-refractivity contribution in [1.82, 2.24) is 14.8 Å². The number of hydrogen-bond donors (Lipinski definition) is 1. The van der Waals surface area contributed by atoms with Crippen LogP contribution in [0.15, 0.2) is 29.4 Å². The third kappa shape index (κ3) is 2.72. The Morgan fingerprint density at radius 3 is 2.70 bits per heavy atom. The van der Waals surface area contributed by atoms with Crippen molar-refractivity contribution in [2.75, 3.05) is 6.26 Å². The van der Waals surface area contributed by atoms with Crippen LogP contribution in [0.4, 0.5) is 19.0 Å². The number of rotatable bonds is 1. The molecule has 0 aliphatic carbocycles. The quantitative estimate of drug-likeness (QED) is 0.545. The van der Waals surface area contributed by atoms with Crippen molar-refractivity contribution >= 4 is 44.6 Å². The number of fused-ring (bicyclic) bond motifs is 3. The Morgan fingerprint density at radius 1 is 1.30 bits per heavy atom. The first-order valence-corrected chi connectivity index (χ1v) is 7.74. The number of nitrogens with two attached hydrogens (primary N) is 1. The highest BCUT2D eigenvalue weighted by Gasteiger charge is 2.30. The molecule has 9 heteroatoms. The monoisotopic (exact) mass is 339 g/mol. The highest BCUT2D eigenvalue weighted by atomic mass is 32.2. The fourth-order valence-electron chi connectivity index (χ4n) is 2.35. The van der Waals surface area contributed by atoms with E-state index in [1.54, 1.807) is 18.0 Å². The van der Waals surface area contributed by atoms with Gasteiger partial charge >= 0.3 is 6.18 Å². The average molecular weight is 339 g/mol. The summed E-state index contributed by atoms with van der Waals surface area (Å²) in [7, 11) is 1.70. The minimum absolute atomic E-state index is 0.253. The Morgan fingerprint density at radius 2 is 2.04 bits per heavy atom. The molecule has 0 aliphatic rings. The minimum atomic E-state index is -4.40. The lowest BCUT2D eigenvalue weighted by molar-refractivity contribution is -0.137. The number of amidine groups is 1. The van der Waals surface area contributed by atoms with Gasteiger partial charge in [0.2, 0.25) is 0 Å². The zero-order chi connectivity index (χ0) is 16.8. The Hall–Kier alpha value is -2.29. The lowest BCUT2D eigenvalue weighted by atomic mass is 10.1. The van der Waals surface area contributed by atoms with Gasteiger partial charge in [0.25, 0.3) is 0 Å². The van der Waals surface area contributed by atoms with Crippen LogP contribution in [0.1, 0.15) is 5.56 Å². The normalized spacial score (nSPS) is 13.2. The van der Waals surface area contributed by atoms with E-state index >= 15 is 0 Å². The zero-order valence-corrected chi connectivity index (χ0v) is 13.0. The Labute approximate surface area is 133 Å². The topological polar surface area (TPSA) is 69.1 Å². The summed E-state index contributed by atoms with van der Waals surface area (Å²) in [5.41, 5.74) is 5.89. The maximum atomic E-state index is 12.8. The van der Waals surface area contributed by atoms with Crippen molar-refractivity contribution in [1.29, 1.82) is 0 Å². The van der Waals surface area contributed by atoms with Gasteiger partial charge in [-0.1, -0.05) is 17.8 Å². The minimum Gasteiger partial charge on any atom is -0.378 e. The molecular formula is C14H12F3N5S. The van der Waals surface area contributed by atoms with E-state index in [9.17, 15) is 13.2 Å². The molecule has 0 unspecified atom stereocenters. The van der Waals surface area contributed by atoms with Crippen molar-refractivity contribution in [3.05, 3.63) is 30.0 Å². The Bertz CT molecular complexity index is 929. The predicted octanol–water partition coefficient (Wildman–Crippen LogP) is 3.45. The number of alkyl halides is 3. The average Bonchev–Trinajstić information content (AvgIpc) is 2.82. The molecule has 0 spiro atoms. The summed E-state index contributed by atoms with van der Waals surface area (Å²) in [4.78, 5) is 8.32. The molecule has 2 aromatic heterocycles. The van der Waals surface area contributed by atoms with Crippen LogP contribution < -0.4 is 5.73 Å². The van der Waals surface area contributed by atoms with Crippen LogP contribution in [-0.4, -0.2) is 26.2 Å². The number of pyridine rings is 1. The van der Waals surface area contributed by atoms with Gasteiger partial charge in [0.1, 0.15) is 0 Å². The van der Waals surface area contributed by atoms with Gasteiger partial charge in [0.15, 0.2) is 11.0 Å². The first kappa shape index (κ1) is 15.6. The highest BCUT2D eigenvalue weighted by Crippen LogP contribution is 2.34. The lowest BCUT2D eigenvalue weighted by Gasteiger charge is -2.08. The molecule has 0 saturated heterocycles. The van der Waals surface area contributed by atoms with Gasteiger partial charge < -0.3 is 5.73 Å². The second kappa shape index (κ2) is 5.41. The molecule has 0 saturated carbocycles. The van der Waals surface area contributed by atoms with Gasteiger partial charge in [0.05, 0.1) is 22.0 Å². The van der Waals surface area contributed by atoms with Gasteiger partial charge in [-0.2, -0.15) is 18.3 Å². The maximum Gasteiger partial charge on any atom is 0.416 e. The summed E-state index contributed by atoms with van der Waals surface area (Å²) in [5, 5.41) is 5.83. The fraction of sp³-hybridized carbons (Fsp3) is 0.214. The first-order chi connectivity index (χ1) is 10.8. The maximum absolute atomic E-state index is 12.8. The van der Waals surface area contributed by atoms with Crippen LogP contribution in [0, 0.1) is 0 Å². The molecule has 5 nitrogen and oxygen atoms in total. The number of nitrogens with zero attached hydrogens (tertiary/aromatic N) is 4. The highest BCUT2D eigenvalue weighted by molar-refractivity contribution is 8.13. The summed E-state index contributed by atoms with van der Waals surface area (Å²) in [5.74, 6) is 0.392. The predicted molar refractivity (Wildman–Crippen MR) is 85.8 cm³/mol. The van der Waals surface area contributed by atoms with E-state index in [0.29, 0.717) is 27.3 Å². The van der Waals surface area contributed by atoms with Crippen LogP contribution in [0.2, 0.25) is 0 Å². The zero-order valence-electron chi connectivity index (χ0n) is 12.2. The number of hydrogen-bond acceptors (Lipinski definition) is 4. The largest absolute Gasteiger partial charge is 0.416 e. The first-order valence-electron chi connectivity index (χ1n) is 6.52. The third-order valence-electron chi connectivity index (χ3n) is 3.40. The second-order valence-electron chi connectivity index (χ2n) is 4.85. The van der Waals surface area contributed by atoms with Crippen molar-refractivity contribution < 1.29 is 13.2 Å². The Kier molecular flexibility index (Phi) is 3.67. The molecule has 0 atom stereocenters. The molecule has 3 rings (SSSR count). The molecule has 2 heterocycles. The van der Waals surface area contributed by atoms with Crippen LogP contribution in [0.3, 0.4) is 0 Å². The molecule has 0 radical (unpaired) electrons. The van der Waals surface area contributed by atoms with Crippen molar-refractivity contribution in [3.63, 3.8) is 0 Å². The van der Waals surface area contributed by atoms with E-state index in [1.165, 1.54) is 24.0 Å². The number of thioether (sulfide) groups is 1. The summed E-state index contributed by atoms with van der Waals surface area (Å²) < 4.78 is 40.0. The van der Waals surface area contributed by atoms with E-state index in [0.717, 1.165) is 12.1 Å². The van der Waals surface area contributed by atoms with Gasteiger partial charge in [-0.15, -0.1) is 0 Å². The van der Waals surface area contributed by atoms with Crippen LogP contribution >= 0.6 is 11.8 Å². The molecule has 0 bridgehead atoms. The smallest absolute Gasteiger partial charge is 0.378 e. The number of benzene rings is 1. The van der Waals surface area contributed by atoms with Crippen LogP contribution in [0.5, 0.6) is 0 Å². The van der Waals surface area contributed by atoms with E-state index < -0.39 is 11.7 Å². The molecule has 0 fully saturated rings. The summed E-state index contributed by atoms with van der Waals surface area (Å²) in [6.07, 6.45) is -1.15. The summed E-state index contributed by atoms with van der Waals surface area (Å²) >= 11 is 1.28. The second-order valence-corrected chi connectivity index (χ2v) is 5.68. The molecule has 120 valence electrons. The fourth-order valence-corrected chi connectivity index (χ4v) is 2.52. The number of aryl methyl sites for hydroxylation is 1. The third-order valence-corrected chi connectivity index (χ3v) is 3.91. The molecule has 3 aromatic rings. The molecule has 0 aliphatic heterocycles. The van der Waals surface area contributed by atoms with E-state index in [1.807, 2.05) is 0 Å². The number of halogens is 3. The van der Waals surface area contributed by atoms with E-state index in [2.05, 4.69) is 15.1 Å². The molecule has 0 amide bonds. The summed E-state index contributed by atoms with van der Waals surface area (Å²) in [6.45, 7) is 0. The van der Waals surface area contributed by atoms with Gasteiger partial charge in [-0.3, -0.25) is 9.67 Å². The van der Waals surface area contributed by atoms with Crippen molar-refractivity contribution in [2.45, 2.75) is 6.18 Å². The number of aliphatic imine (C=N–C) groups is 1. The van der Waals surface area contributed by atoms with Crippen molar-refractivity contribution in [2.24, 2.45) is 17.8 Å². The molecule has 2 N–H and O–H groups in total. The van der Waals surface area contributed by atoms with Gasteiger partial charge in [-0.25, -0.2) is 4.99 Å². The van der Waals surface area contributed by atoms with E-state index in [-0.39, 0.29) is 5.52 Å². The summed E-state index contributed by atoms with van der Waals surface area (Å²) in [6, 6.07) is 3.47. The SMILES string of the molecule is CSC(N)=Nc1nn(C)c2c1cnc1cc(C(F)(F)F)ccc12. The van der Waals surface area contributed by atoms with Crippen molar-refractivity contribution in [3.8, 4) is 0 Å². The van der Waals surface area contributed by atoms with Gasteiger partial charge in [-0.05, 0) is 18.4 Å². The lowest BCUT2D eigenvalue weighted by Crippen LogP contribution is -2.04. The standard InChI is InChI=1S/C14H12F3N5S/c1-22-11-8-4-3-7(14(15,16)17)5-10(8)19-6-9(11)12(21-22)20-13(18)23-2/h3-6H,1-2H3,(H2,18,20,21). The van der Waals surface area contributed by atoms with Crippen LogP contribution in [-0.2, 0) is 13.2 Å².